The van der Waals surface area contributed by atoms with Crippen LogP contribution in [0.5, 0.6) is 0 Å². The van der Waals surface area contributed by atoms with Crippen molar-refractivity contribution >= 4 is 17.5 Å². The van der Waals surface area contributed by atoms with Crippen LogP contribution in [0.1, 0.15) is 58.3 Å². The van der Waals surface area contributed by atoms with E-state index in [2.05, 4.69) is 11.8 Å². The van der Waals surface area contributed by atoms with Crippen molar-refractivity contribution in [2.24, 2.45) is 0 Å². The highest BCUT2D eigenvalue weighted by Crippen LogP contribution is 2.28. The Morgan fingerprint density at radius 2 is 2.00 bits per heavy atom. The van der Waals surface area contributed by atoms with Crippen molar-refractivity contribution in [2.75, 3.05) is 5.75 Å². The Hall–Kier alpha value is 0.0200. The van der Waals surface area contributed by atoms with Gasteiger partial charge in [0.25, 0.3) is 0 Å². The molecule has 1 nitrogen and oxygen atoms in total. The van der Waals surface area contributed by atoms with Crippen LogP contribution in [-0.2, 0) is 4.79 Å². The average Bonchev–Trinajstić information content (AvgIpc) is 2.25. The Balaban J connectivity index is 1.94. The van der Waals surface area contributed by atoms with Gasteiger partial charge in [0.2, 0.25) is 0 Å². The topological polar surface area (TPSA) is 17.1 Å². The first-order chi connectivity index (χ1) is 6.83. The van der Waals surface area contributed by atoms with E-state index in [0.717, 1.165) is 18.1 Å². The molecule has 0 amide bonds. The molecule has 0 unspecified atom stereocenters. The molecule has 1 aliphatic carbocycles. The highest BCUT2D eigenvalue weighted by Gasteiger charge is 2.13. The standard InChI is InChI=1S/C12H22OS/c1-2-11(13)7-6-10-14-12-8-4-3-5-9-12/h12H,2-10H2,1H3. The molecule has 0 aliphatic heterocycles. The first kappa shape index (κ1) is 12.1. The zero-order valence-corrected chi connectivity index (χ0v) is 10.1. The van der Waals surface area contributed by atoms with Gasteiger partial charge in [-0.2, -0.15) is 11.8 Å². The van der Waals surface area contributed by atoms with E-state index in [1.165, 1.54) is 37.9 Å². The lowest BCUT2D eigenvalue weighted by atomic mass is 10.0. The van der Waals surface area contributed by atoms with E-state index in [4.69, 9.17) is 0 Å². The Morgan fingerprint density at radius 1 is 1.29 bits per heavy atom. The van der Waals surface area contributed by atoms with Crippen LogP contribution >= 0.6 is 11.8 Å². The average molecular weight is 214 g/mol. The molecule has 2 heteroatoms. The van der Waals surface area contributed by atoms with Crippen LogP contribution in [0.15, 0.2) is 0 Å². The fourth-order valence-electron chi connectivity index (χ4n) is 1.93. The van der Waals surface area contributed by atoms with E-state index in [1.54, 1.807) is 0 Å². The SMILES string of the molecule is CCC(=O)CCCSC1CCCCC1. The van der Waals surface area contributed by atoms with Crippen LogP contribution in [0.3, 0.4) is 0 Å². The predicted octanol–water partition coefficient (Wildman–Crippen LogP) is 3.81. The van der Waals surface area contributed by atoms with Gasteiger partial charge in [-0.05, 0) is 25.0 Å². The second-order valence-electron chi connectivity index (χ2n) is 4.13. The molecule has 0 aromatic rings. The van der Waals surface area contributed by atoms with Gasteiger partial charge in [-0.15, -0.1) is 0 Å². The molecule has 0 aromatic carbocycles. The molecule has 0 heterocycles. The van der Waals surface area contributed by atoms with Crippen LogP contribution in [0.2, 0.25) is 0 Å². The minimum absolute atomic E-state index is 0.425. The van der Waals surface area contributed by atoms with E-state index in [1.807, 2.05) is 6.92 Å². The summed E-state index contributed by atoms with van der Waals surface area (Å²) in [6.07, 6.45) is 9.71. The lowest BCUT2D eigenvalue weighted by Crippen LogP contribution is -2.09. The Labute approximate surface area is 92.0 Å². The van der Waals surface area contributed by atoms with Crippen LogP contribution in [0.4, 0.5) is 0 Å². The van der Waals surface area contributed by atoms with E-state index >= 15 is 0 Å². The third-order valence-electron chi connectivity index (χ3n) is 2.90. The highest BCUT2D eigenvalue weighted by atomic mass is 32.2. The monoisotopic (exact) mass is 214 g/mol. The number of rotatable bonds is 6. The lowest BCUT2D eigenvalue weighted by Gasteiger charge is -2.20. The molecule has 1 fully saturated rings. The van der Waals surface area contributed by atoms with Gasteiger partial charge in [0.05, 0.1) is 0 Å². The van der Waals surface area contributed by atoms with Gasteiger partial charge in [0.15, 0.2) is 0 Å². The van der Waals surface area contributed by atoms with Crippen molar-refractivity contribution in [1.82, 2.24) is 0 Å². The van der Waals surface area contributed by atoms with Crippen molar-refractivity contribution in [3.63, 3.8) is 0 Å². The van der Waals surface area contributed by atoms with E-state index in [9.17, 15) is 4.79 Å². The zero-order chi connectivity index (χ0) is 10.2. The maximum atomic E-state index is 11.1. The summed E-state index contributed by atoms with van der Waals surface area (Å²) in [6, 6.07) is 0. The third-order valence-corrected chi connectivity index (χ3v) is 4.37. The number of hydrogen-bond acceptors (Lipinski definition) is 2. The highest BCUT2D eigenvalue weighted by molar-refractivity contribution is 7.99. The number of ketones is 1. The summed E-state index contributed by atoms with van der Waals surface area (Å²) in [7, 11) is 0. The van der Waals surface area contributed by atoms with E-state index < -0.39 is 0 Å². The molecule has 0 aromatic heterocycles. The Morgan fingerprint density at radius 3 is 2.64 bits per heavy atom. The first-order valence-corrected chi connectivity index (χ1v) is 7.01. The van der Waals surface area contributed by atoms with Gasteiger partial charge in [-0.25, -0.2) is 0 Å². The largest absolute Gasteiger partial charge is 0.300 e. The third kappa shape index (κ3) is 5.04. The van der Waals surface area contributed by atoms with E-state index in [-0.39, 0.29) is 0 Å². The van der Waals surface area contributed by atoms with Gasteiger partial charge in [-0.1, -0.05) is 26.2 Å². The molecule has 0 atom stereocenters. The molecule has 0 saturated heterocycles. The van der Waals surface area contributed by atoms with Crippen LogP contribution in [0.25, 0.3) is 0 Å². The summed E-state index contributed by atoms with van der Waals surface area (Å²) >= 11 is 2.10. The molecule has 82 valence electrons. The van der Waals surface area contributed by atoms with Gasteiger partial charge in [-0.3, -0.25) is 4.79 Å². The molecule has 1 aliphatic rings. The lowest BCUT2D eigenvalue weighted by molar-refractivity contribution is -0.118. The van der Waals surface area contributed by atoms with Gasteiger partial charge < -0.3 is 0 Å². The van der Waals surface area contributed by atoms with Crippen molar-refractivity contribution in [3.8, 4) is 0 Å². The summed E-state index contributed by atoms with van der Waals surface area (Å²) in [4.78, 5) is 11.1. The van der Waals surface area contributed by atoms with Crippen molar-refractivity contribution in [2.45, 2.75) is 63.5 Å². The van der Waals surface area contributed by atoms with E-state index in [0.29, 0.717) is 12.2 Å². The zero-order valence-electron chi connectivity index (χ0n) is 9.26. The Bertz CT molecular complexity index is 162. The number of carbonyl (C=O) groups is 1. The fraction of sp³-hybridized carbons (Fsp3) is 0.917. The van der Waals surface area contributed by atoms with Crippen LogP contribution in [0, 0.1) is 0 Å². The minimum atomic E-state index is 0.425. The fourth-order valence-corrected chi connectivity index (χ4v) is 3.24. The summed E-state index contributed by atoms with van der Waals surface area (Å²) in [6.45, 7) is 1.95. The van der Waals surface area contributed by atoms with Crippen LogP contribution < -0.4 is 0 Å². The summed E-state index contributed by atoms with van der Waals surface area (Å²) in [5.41, 5.74) is 0. The normalized spacial score (nSPS) is 18.4. The number of Topliss-reactive ketones (excluding diaryl/α,β-unsaturated/α-hetero) is 1. The molecule has 14 heavy (non-hydrogen) atoms. The molecule has 0 N–H and O–H groups in total. The predicted molar refractivity (Wildman–Crippen MR) is 63.9 cm³/mol. The number of thioether (sulfide) groups is 1. The summed E-state index contributed by atoms with van der Waals surface area (Å²) in [5.74, 6) is 1.62. The van der Waals surface area contributed by atoms with Crippen LogP contribution in [-0.4, -0.2) is 16.8 Å². The van der Waals surface area contributed by atoms with Crippen molar-refractivity contribution in [1.29, 1.82) is 0 Å². The molecular formula is C12H22OS. The molecule has 0 spiro atoms. The molecule has 0 radical (unpaired) electrons. The summed E-state index contributed by atoms with van der Waals surface area (Å²) < 4.78 is 0. The second-order valence-corrected chi connectivity index (χ2v) is 5.53. The molecule has 1 rings (SSSR count). The van der Waals surface area contributed by atoms with Gasteiger partial charge in [0, 0.05) is 18.1 Å². The van der Waals surface area contributed by atoms with Crippen molar-refractivity contribution in [3.05, 3.63) is 0 Å². The maximum absolute atomic E-state index is 11.1. The molecular weight excluding hydrogens is 192 g/mol. The number of carbonyl (C=O) groups excluding carboxylic acids is 1. The quantitative estimate of drug-likeness (QED) is 0.625. The second kappa shape index (κ2) is 7.33. The Kier molecular flexibility index (Phi) is 6.33. The molecule has 0 bridgehead atoms. The minimum Gasteiger partial charge on any atom is -0.300 e. The smallest absolute Gasteiger partial charge is 0.132 e. The first-order valence-electron chi connectivity index (χ1n) is 5.96. The molecule has 1 saturated carbocycles. The van der Waals surface area contributed by atoms with Crippen molar-refractivity contribution < 1.29 is 4.79 Å². The number of hydrogen-bond donors (Lipinski definition) is 0. The summed E-state index contributed by atoms with van der Waals surface area (Å²) in [5, 5.41) is 0.903. The van der Waals surface area contributed by atoms with Gasteiger partial charge >= 0.3 is 0 Å². The van der Waals surface area contributed by atoms with Gasteiger partial charge in [0.1, 0.15) is 5.78 Å². The maximum Gasteiger partial charge on any atom is 0.132 e.